The fourth-order valence-corrected chi connectivity index (χ4v) is 1.56. The van der Waals surface area contributed by atoms with Crippen LogP contribution in [-0.4, -0.2) is 24.4 Å². The molecule has 1 rings (SSSR count). The molecule has 0 saturated carbocycles. The van der Waals surface area contributed by atoms with Crippen LogP contribution < -0.4 is 5.73 Å². The molecule has 0 saturated heterocycles. The molecule has 0 radical (unpaired) electrons. The minimum atomic E-state index is -0.911. The molecule has 1 aromatic rings. The SMILES string of the molecule is CC(C)CN(C)C(=O)c1cc(F)c(N)c(F)c1. The summed E-state index contributed by atoms with van der Waals surface area (Å²) in [7, 11) is 1.59. The van der Waals surface area contributed by atoms with Gasteiger partial charge in [0.25, 0.3) is 5.91 Å². The zero-order valence-electron chi connectivity index (χ0n) is 10.1. The summed E-state index contributed by atoms with van der Waals surface area (Å²) in [6.45, 7) is 4.42. The van der Waals surface area contributed by atoms with Crippen LogP contribution in [0.1, 0.15) is 24.2 Å². The van der Waals surface area contributed by atoms with E-state index >= 15 is 0 Å². The maximum Gasteiger partial charge on any atom is 0.253 e. The Morgan fingerprint density at radius 3 is 2.24 bits per heavy atom. The molecule has 3 nitrogen and oxygen atoms in total. The lowest BCUT2D eigenvalue weighted by atomic mass is 10.1. The van der Waals surface area contributed by atoms with E-state index in [1.807, 2.05) is 13.8 Å². The van der Waals surface area contributed by atoms with E-state index in [4.69, 9.17) is 5.73 Å². The van der Waals surface area contributed by atoms with Gasteiger partial charge in [0, 0.05) is 19.2 Å². The summed E-state index contributed by atoms with van der Waals surface area (Å²) in [4.78, 5) is 13.3. The van der Waals surface area contributed by atoms with Gasteiger partial charge in [0.1, 0.15) is 17.3 Å². The average Bonchev–Trinajstić information content (AvgIpc) is 2.23. The number of nitrogen functional groups attached to an aromatic ring is 1. The first kappa shape index (κ1) is 13.4. The second-order valence-electron chi connectivity index (χ2n) is 4.43. The molecule has 0 aliphatic heterocycles. The molecular weight excluding hydrogens is 226 g/mol. The molecule has 17 heavy (non-hydrogen) atoms. The lowest BCUT2D eigenvalue weighted by Gasteiger charge is -2.19. The monoisotopic (exact) mass is 242 g/mol. The number of carbonyl (C=O) groups excluding carboxylic acids is 1. The van der Waals surface area contributed by atoms with Crippen LogP contribution in [0.3, 0.4) is 0 Å². The molecule has 0 atom stereocenters. The number of amides is 1. The van der Waals surface area contributed by atoms with Crippen LogP contribution in [-0.2, 0) is 0 Å². The highest BCUT2D eigenvalue weighted by Gasteiger charge is 2.16. The maximum atomic E-state index is 13.2. The van der Waals surface area contributed by atoms with Crippen molar-refractivity contribution in [1.82, 2.24) is 4.90 Å². The zero-order valence-corrected chi connectivity index (χ0v) is 10.1. The summed E-state index contributed by atoms with van der Waals surface area (Å²) < 4.78 is 26.4. The summed E-state index contributed by atoms with van der Waals surface area (Å²) in [6, 6.07) is 1.91. The van der Waals surface area contributed by atoms with Crippen molar-refractivity contribution in [3.05, 3.63) is 29.3 Å². The lowest BCUT2D eigenvalue weighted by molar-refractivity contribution is 0.0778. The van der Waals surface area contributed by atoms with Crippen LogP contribution >= 0.6 is 0 Å². The van der Waals surface area contributed by atoms with Crippen LogP contribution in [0.4, 0.5) is 14.5 Å². The van der Waals surface area contributed by atoms with Gasteiger partial charge in [-0.15, -0.1) is 0 Å². The zero-order chi connectivity index (χ0) is 13.2. The van der Waals surface area contributed by atoms with E-state index in [-0.39, 0.29) is 11.5 Å². The third-order valence-corrected chi connectivity index (χ3v) is 2.31. The Bertz CT molecular complexity index is 410. The maximum absolute atomic E-state index is 13.2. The van der Waals surface area contributed by atoms with E-state index < -0.39 is 23.2 Å². The Kier molecular flexibility index (Phi) is 4.04. The normalized spacial score (nSPS) is 10.7. The molecule has 0 aliphatic carbocycles. The topological polar surface area (TPSA) is 46.3 Å². The minimum Gasteiger partial charge on any atom is -0.394 e. The summed E-state index contributed by atoms with van der Waals surface area (Å²) in [5.74, 6) is -1.96. The Morgan fingerprint density at radius 1 is 1.35 bits per heavy atom. The summed E-state index contributed by atoms with van der Waals surface area (Å²) in [5.41, 5.74) is 4.54. The van der Waals surface area contributed by atoms with Crippen LogP contribution in [0.5, 0.6) is 0 Å². The van der Waals surface area contributed by atoms with Crippen molar-refractivity contribution in [1.29, 1.82) is 0 Å². The fraction of sp³-hybridized carbons (Fsp3) is 0.417. The largest absolute Gasteiger partial charge is 0.394 e. The van der Waals surface area contributed by atoms with E-state index in [9.17, 15) is 13.6 Å². The highest BCUT2D eigenvalue weighted by Crippen LogP contribution is 2.18. The van der Waals surface area contributed by atoms with Gasteiger partial charge in [-0.2, -0.15) is 0 Å². The second-order valence-corrected chi connectivity index (χ2v) is 4.43. The standard InChI is InChI=1S/C12H16F2N2O/c1-7(2)6-16(3)12(17)8-4-9(13)11(15)10(14)5-8/h4-5,7H,6,15H2,1-3H3. The van der Waals surface area contributed by atoms with E-state index in [0.717, 1.165) is 12.1 Å². The molecule has 0 fully saturated rings. The third-order valence-electron chi connectivity index (χ3n) is 2.31. The van der Waals surface area contributed by atoms with E-state index in [2.05, 4.69) is 0 Å². The van der Waals surface area contributed by atoms with Crippen LogP contribution in [0, 0.1) is 17.6 Å². The van der Waals surface area contributed by atoms with Crippen molar-refractivity contribution in [2.45, 2.75) is 13.8 Å². The number of halogens is 2. The molecule has 5 heteroatoms. The van der Waals surface area contributed by atoms with E-state index in [0.29, 0.717) is 6.54 Å². The molecule has 2 N–H and O–H groups in total. The molecule has 0 aliphatic rings. The molecule has 0 unspecified atom stereocenters. The Morgan fingerprint density at radius 2 is 1.82 bits per heavy atom. The molecule has 0 bridgehead atoms. The molecule has 0 heterocycles. The molecular formula is C12H16F2N2O. The molecule has 1 amide bonds. The first-order valence-electron chi connectivity index (χ1n) is 5.33. The van der Waals surface area contributed by atoms with Gasteiger partial charge in [0.2, 0.25) is 0 Å². The highest BCUT2D eigenvalue weighted by atomic mass is 19.1. The van der Waals surface area contributed by atoms with Gasteiger partial charge in [0.15, 0.2) is 0 Å². The number of hydrogen-bond acceptors (Lipinski definition) is 2. The van der Waals surface area contributed by atoms with Gasteiger partial charge in [-0.05, 0) is 18.1 Å². The van der Waals surface area contributed by atoms with Crippen molar-refractivity contribution < 1.29 is 13.6 Å². The van der Waals surface area contributed by atoms with Crippen LogP contribution in [0.25, 0.3) is 0 Å². The Hall–Kier alpha value is -1.65. The van der Waals surface area contributed by atoms with Crippen molar-refractivity contribution >= 4 is 11.6 Å². The molecule has 0 aromatic heterocycles. The molecule has 94 valence electrons. The predicted molar refractivity (Wildman–Crippen MR) is 62.6 cm³/mol. The quantitative estimate of drug-likeness (QED) is 0.826. The summed E-state index contributed by atoms with van der Waals surface area (Å²) >= 11 is 0. The number of rotatable bonds is 3. The number of anilines is 1. The smallest absolute Gasteiger partial charge is 0.253 e. The van der Waals surface area contributed by atoms with Gasteiger partial charge in [-0.25, -0.2) is 8.78 Å². The predicted octanol–water partition coefficient (Wildman–Crippen LogP) is 2.28. The van der Waals surface area contributed by atoms with Gasteiger partial charge in [-0.3, -0.25) is 4.79 Å². The number of hydrogen-bond donors (Lipinski definition) is 1. The summed E-state index contributed by atoms with van der Waals surface area (Å²) in [5, 5.41) is 0. The van der Waals surface area contributed by atoms with Crippen LogP contribution in [0.2, 0.25) is 0 Å². The molecule has 1 aromatic carbocycles. The van der Waals surface area contributed by atoms with Gasteiger partial charge in [-0.1, -0.05) is 13.8 Å². The number of carbonyl (C=O) groups is 1. The first-order chi connectivity index (χ1) is 7.82. The Balaban J connectivity index is 2.97. The lowest BCUT2D eigenvalue weighted by Crippen LogP contribution is -2.30. The van der Waals surface area contributed by atoms with Crippen LogP contribution in [0.15, 0.2) is 12.1 Å². The van der Waals surface area contributed by atoms with Crippen molar-refractivity contribution in [3.63, 3.8) is 0 Å². The Labute approximate surface area is 99.2 Å². The average molecular weight is 242 g/mol. The number of nitrogens with zero attached hydrogens (tertiary/aromatic N) is 1. The van der Waals surface area contributed by atoms with Crippen molar-refractivity contribution in [2.24, 2.45) is 5.92 Å². The number of nitrogens with two attached hydrogens (primary N) is 1. The fourth-order valence-electron chi connectivity index (χ4n) is 1.56. The highest BCUT2D eigenvalue weighted by molar-refractivity contribution is 5.94. The van der Waals surface area contributed by atoms with Crippen molar-refractivity contribution in [3.8, 4) is 0 Å². The third kappa shape index (κ3) is 3.15. The van der Waals surface area contributed by atoms with E-state index in [1.54, 1.807) is 7.05 Å². The van der Waals surface area contributed by atoms with Gasteiger partial charge >= 0.3 is 0 Å². The minimum absolute atomic E-state index is 0.0302. The number of benzene rings is 1. The second kappa shape index (κ2) is 5.12. The van der Waals surface area contributed by atoms with Gasteiger partial charge in [0.05, 0.1) is 0 Å². The first-order valence-corrected chi connectivity index (χ1v) is 5.33. The van der Waals surface area contributed by atoms with E-state index in [1.165, 1.54) is 4.90 Å². The molecule has 0 spiro atoms. The van der Waals surface area contributed by atoms with Gasteiger partial charge < -0.3 is 10.6 Å². The summed E-state index contributed by atoms with van der Waals surface area (Å²) in [6.07, 6.45) is 0. The van der Waals surface area contributed by atoms with Crippen molar-refractivity contribution in [2.75, 3.05) is 19.3 Å².